The molecular weight excluding hydrogens is 526 g/mol. The molecule has 34 heavy (non-hydrogen) atoms. The Kier molecular flexibility index (Phi) is 6.76. The first kappa shape index (κ1) is 23.5. The number of hydrogen-bond acceptors (Lipinski definition) is 5. The average molecular weight is 546 g/mol. The number of rotatable bonds is 6. The van der Waals surface area contributed by atoms with Crippen LogP contribution in [0.2, 0.25) is 0 Å². The molecule has 4 aromatic carbocycles. The molecule has 0 amide bonds. The van der Waals surface area contributed by atoms with E-state index in [1.165, 1.54) is 0 Å². The van der Waals surface area contributed by atoms with Gasteiger partial charge in [0, 0.05) is 0 Å². The van der Waals surface area contributed by atoms with Gasteiger partial charge in [-0.3, -0.25) is 0 Å². The minimum Gasteiger partial charge on any atom is -0.438 e. The first-order valence-corrected chi connectivity index (χ1v) is 17.1. The van der Waals surface area contributed by atoms with Crippen molar-refractivity contribution in [2.24, 2.45) is 13.5 Å². The fourth-order valence-corrected chi connectivity index (χ4v) is 16.1. The van der Waals surface area contributed by atoms with E-state index in [-0.39, 0.29) is 0 Å². The maximum absolute atomic E-state index is 6.85. The van der Waals surface area contributed by atoms with Crippen molar-refractivity contribution in [3.05, 3.63) is 121 Å². The molecule has 0 saturated heterocycles. The van der Waals surface area contributed by atoms with Gasteiger partial charge in [0.05, 0.1) is 10.6 Å². The molecule has 1 aliphatic heterocycles. The van der Waals surface area contributed by atoms with Crippen LogP contribution in [0.15, 0.2) is 135 Å². The summed E-state index contributed by atoms with van der Waals surface area (Å²) in [5.74, 6) is -2.00. The van der Waals surface area contributed by atoms with E-state index < -0.39 is 20.8 Å². The molecule has 0 aliphatic carbocycles. The van der Waals surface area contributed by atoms with Gasteiger partial charge in [-0.2, -0.15) is 13.5 Å². The lowest BCUT2D eigenvalue weighted by Crippen LogP contribution is -2.14. The minimum atomic E-state index is -3.24. The molecule has 0 spiro atoms. The second kappa shape index (κ2) is 9.78. The number of para-hydroxylation sites is 2. The largest absolute Gasteiger partial charge is 0.438 e. The second-order valence-corrected chi connectivity index (χ2v) is 17.3. The molecule has 1 heterocycles. The summed E-state index contributed by atoms with van der Waals surface area (Å²) in [4.78, 5) is 0. The SMILES string of the molecule is ClP1(Cl)=NP(Oc2ccccc2)(c2ccccc2)=NP(Oc2ccccc2)(c2ccccc2)=N1. The van der Waals surface area contributed by atoms with Gasteiger partial charge in [0.2, 0.25) is 0 Å². The number of benzene rings is 4. The van der Waals surface area contributed by atoms with Gasteiger partial charge in [-0.25, -0.2) is 0 Å². The van der Waals surface area contributed by atoms with Gasteiger partial charge in [0.1, 0.15) is 11.5 Å². The standard InChI is InChI=1S/C24H20Cl2N3O2P3/c25-34(26)28-32(23-17-9-3-10-18-23,30-21-13-5-1-6-14-21)27-33(29-34,24-19-11-4-12-20-24)31-22-15-7-2-8-16-22/h1-20H. The maximum Gasteiger partial charge on any atom is 0.287 e. The molecule has 0 bridgehead atoms. The molecule has 2 unspecified atom stereocenters. The average Bonchev–Trinajstić information content (AvgIpc) is 2.85. The van der Waals surface area contributed by atoms with Gasteiger partial charge >= 0.3 is 0 Å². The van der Waals surface area contributed by atoms with Crippen molar-refractivity contribution >= 4 is 53.9 Å². The molecule has 4 aromatic rings. The van der Waals surface area contributed by atoms with Gasteiger partial charge in [-0.05, 0) is 71.0 Å². The first-order valence-electron chi connectivity index (χ1n) is 10.4. The van der Waals surface area contributed by atoms with Crippen LogP contribution < -0.4 is 19.7 Å². The molecule has 2 atom stereocenters. The molecule has 0 N–H and O–H groups in total. The van der Waals surface area contributed by atoms with E-state index in [0.29, 0.717) is 11.5 Å². The Morgan fingerprint density at radius 1 is 0.441 bits per heavy atom. The van der Waals surface area contributed by atoms with Crippen molar-refractivity contribution < 1.29 is 9.05 Å². The molecule has 0 aromatic heterocycles. The maximum atomic E-state index is 6.85. The van der Waals surface area contributed by atoms with Gasteiger partial charge in [0.25, 0.3) is 20.8 Å². The zero-order valence-electron chi connectivity index (χ0n) is 17.8. The lowest BCUT2D eigenvalue weighted by molar-refractivity contribution is 0.602. The normalized spacial score (nSPS) is 23.0. The lowest BCUT2D eigenvalue weighted by Gasteiger charge is -2.32. The first-order chi connectivity index (χ1) is 16.5. The Bertz CT molecular complexity index is 1360. The van der Waals surface area contributed by atoms with E-state index in [4.69, 9.17) is 45.1 Å². The summed E-state index contributed by atoms with van der Waals surface area (Å²) >= 11 is 13.7. The van der Waals surface area contributed by atoms with Crippen LogP contribution in [0, 0.1) is 0 Å². The van der Waals surface area contributed by atoms with E-state index in [9.17, 15) is 0 Å². The zero-order valence-corrected chi connectivity index (χ0v) is 22.0. The van der Waals surface area contributed by atoms with Crippen LogP contribution in [-0.4, -0.2) is 0 Å². The summed E-state index contributed by atoms with van der Waals surface area (Å²) in [7, 11) is -6.29. The van der Waals surface area contributed by atoms with Gasteiger partial charge in [-0.1, -0.05) is 72.8 Å². The highest BCUT2D eigenvalue weighted by atomic mass is 35.9. The van der Waals surface area contributed by atoms with Crippen LogP contribution in [0.25, 0.3) is 0 Å². The summed E-state index contributed by atoms with van der Waals surface area (Å²) in [5, 5.41) is 1.58. The monoisotopic (exact) mass is 545 g/mol. The minimum absolute atomic E-state index is 0.619. The molecule has 5 rings (SSSR count). The van der Waals surface area contributed by atoms with Crippen molar-refractivity contribution in [3.63, 3.8) is 0 Å². The zero-order chi connectivity index (χ0) is 23.5. The highest BCUT2D eigenvalue weighted by molar-refractivity contribution is 8.14. The molecule has 1 aliphatic rings. The summed E-state index contributed by atoms with van der Waals surface area (Å²) in [6, 6.07) is 38.2. The molecule has 172 valence electrons. The topological polar surface area (TPSA) is 55.5 Å². The lowest BCUT2D eigenvalue weighted by atomic mass is 10.3. The van der Waals surface area contributed by atoms with Crippen LogP contribution in [0.4, 0.5) is 0 Å². The predicted molar refractivity (Wildman–Crippen MR) is 146 cm³/mol. The predicted octanol–water partition coefficient (Wildman–Crippen LogP) is 9.30. The Hall–Kier alpha value is -2.25. The molecule has 0 saturated carbocycles. The second-order valence-electron chi connectivity index (χ2n) is 7.29. The summed E-state index contributed by atoms with van der Waals surface area (Å²) in [6.07, 6.45) is 0. The van der Waals surface area contributed by atoms with Crippen molar-refractivity contribution in [2.75, 3.05) is 0 Å². The van der Waals surface area contributed by atoms with E-state index >= 15 is 0 Å². The summed E-state index contributed by atoms with van der Waals surface area (Å²) in [5.41, 5.74) is 0. The fraction of sp³-hybridized carbons (Fsp3) is 0. The van der Waals surface area contributed by atoms with Crippen LogP contribution in [0.5, 0.6) is 11.5 Å². The summed E-state index contributed by atoms with van der Waals surface area (Å²) < 4.78 is 28.1. The quantitative estimate of drug-likeness (QED) is 0.226. The van der Waals surface area contributed by atoms with Crippen molar-refractivity contribution in [1.29, 1.82) is 0 Å². The molecule has 10 heteroatoms. The number of hydrogen-bond donors (Lipinski definition) is 0. The fourth-order valence-electron chi connectivity index (χ4n) is 3.40. The third kappa shape index (κ3) is 5.05. The molecule has 0 fully saturated rings. The highest BCUT2D eigenvalue weighted by Crippen LogP contribution is 2.81. The van der Waals surface area contributed by atoms with Gasteiger partial charge in [0.15, 0.2) is 0 Å². The van der Waals surface area contributed by atoms with Crippen LogP contribution in [0.1, 0.15) is 0 Å². The van der Waals surface area contributed by atoms with Crippen molar-refractivity contribution in [1.82, 2.24) is 0 Å². The molecular formula is C24H20Cl2N3O2P3. The van der Waals surface area contributed by atoms with Crippen molar-refractivity contribution in [2.45, 2.75) is 0 Å². The van der Waals surface area contributed by atoms with E-state index in [1.54, 1.807) is 0 Å². The highest BCUT2D eigenvalue weighted by Gasteiger charge is 2.41. The van der Waals surface area contributed by atoms with E-state index in [0.717, 1.165) is 10.6 Å². The smallest absolute Gasteiger partial charge is 0.287 e. The molecule has 5 nitrogen and oxygen atoms in total. The van der Waals surface area contributed by atoms with Crippen LogP contribution in [0.3, 0.4) is 0 Å². The van der Waals surface area contributed by atoms with Gasteiger partial charge in [-0.15, -0.1) is 0 Å². The third-order valence-corrected chi connectivity index (χ3v) is 15.7. The van der Waals surface area contributed by atoms with Crippen LogP contribution >= 0.6 is 43.3 Å². The van der Waals surface area contributed by atoms with E-state index in [1.807, 2.05) is 121 Å². The Morgan fingerprint density at radius 3 is 1.21 bits per heavy atom. The Balaban J connectivity index is 1.84. The van der Waals surface area contributed by atoms with Crippen LogP contribution in [-0.2, 0) is 0 Å². The number of nitrogens with zero attached hydrogens (tertiary/aromatic N) is 3. The molecule has 0 radical (unpaired) electrons. The van der Waals surface area contributed by atoms with E-state index in [2.05, 4.69) is 0 Å². The number of halogens is 2. The van der Waals surface area contributed by atoms with Gasteiger partial charge < -0.3 is 9.05 Å². The Labute approximate surface area is 208 Å². The third-order valence-electron chi connectivity index (χ3n) is 4.84. The van der Waals surface area contributed by atoms with Crippen molar-refractivity contribution in [3.8, 4) is 11.5 Å². The Morgan fingerprint density at radius 2 is 0.794 bits per heavy atom. The summed E-state index contributed by atoms with van der Waals surface area (Å²) in [6.45, 7) is 0.